The molecule has 0 bridgehead atoms. The summed E-state index contributed by atoms with van der Waals surface area (Å²) in [6.45, 7) is 0. The number of alkyl halides is 2. The van der Waals surface area contributed by atoms with Gasteiger partial charge in [0.25, 0.3) is 11.9 Å². The van der Waals surface area contributed by atoms with Crippen molar-refractivity contribution >= 4 is 27.5 Å². The second kappa shape index (κ2) is 5.67. The van der Waals surface area contributed by atoms with Gasteiger partial charge < -0.3 is 4.74 Å². The molecule has 0 fully saturated rings. The quantitative estimate of drug-likeness (QED) is 0.483. The van der Waals surface area contributed by atoms with Crippen molar-refractivity contribution in [1.82, 2.24) is 4.98 Å². The second-order valence-electron chi connectivity index (χ2n) is 2.70. The zero-order valence-electron chi connectivity index (χ0n) is 7.61. The van der Waals surface area contributed by atoms with Crippen molar-refractivity contribution in [2.75, 3.05) is 11.2 Å². The van der Waals surface area contributed by atoms with Crippen molar-refractivity contribution in [1.29, 1.82) is 0 Å². The van der Waals surface area contributed by atoms with Crippen molar-refractivity contribution < 1.29 is 22.3 Å². The van der Waals surface area contributed by atoms with E-state index in [1.165, 1.54) is 0 Å². The standard InChI is InChI=1S/C8H5BrClF4NO/c9-1-3(2-10)16-6-4(11)7(13)15-8(14)5(6)12/h3H,1-2H2/t3-/m1/s1. The summed E-state index contributed by atoms with van der Waals surface area (Å²) in [6.07, 6.45) is -0.813. The van der Waals surface area contributed by atoms with Gasteiger partial charge >= 0.3 is 0 Å². The summed E-state index contributed by atoms with van der Waals surface area (Å²) >= 11 is 8.36. The summed E-state index contributed by atoms with van der Waals surface area (Å²) in [7, 11) is 0. The van der Waals surface area contributed by atoms with Crippen LogP contribution in [0.1, 0.15) is 0 Å². The maximum absolute atomic E-state index is 13.0. The molecule has 1 aromatic rings. The van der Waals surface area contributed by atoms with E-state index in [2.05, 4.69) is 25.7 Å². The molecule has 0 aliphatic rings. The summed E-state index contributed by atoms with van der Waals surface area (Å²) in [6, 6.07) is 0. The molecule has 0 spiro atoms. The maximum atomic E-state index is 13.0. The monoisotopic (exact) mass is 321 g/mol. The molecule has 16 heavy (non-hydrogen) atoms. The van der Waals surface area contributed by atoms with Crippen molar-refractivity contribution in [3.05, 3.63) is 23.5 Å². The number of pyridine rings is 1. The Kier molecular flexibility index (Phi) is 4.79. The lowest BCUT2D eigenvalue weighted by atomic mass is 10.4. The molecule has 1 atom stereocenters. The summed E-state index contributed by atoms with van der Waals surface area (Å²) < 4.78 is 56.1. The molecule has 0 saturated carbocycles. The summed E-state index contributed by atoms with van der Waals surface area (Å²) in [5.74, 6) is -8.16. The number of rotatable bonds is 4. The minimum atomic E-state index is -1.77. The van der Waals surface area contributed by atoms with Gasteiger partial charge in [-0.05, 0) is 0 Å². The Hall–Kier alpha value is -0.560. The van der Waals surface area contributed by atoms with Gasteiger partial charge in [0, 0.05) is 5.33 Å². The Morgan fingerprint density at radius 1 is 1.19 bits per heavy atom. The lowest BCUT2D eigenvalue weighted by Gasteiger charge is -2.15. The van der Waals surface area contributed by atoms with Gasteiger partial charge in [-0.25, -0.2) is 0 Å². The van der Waals surface area contributed by atoms with Gasteiger partial charge in [-0.2, -0.15) is 22.5 Å². The largest absolute Gasteiger partial charge is 0.482 e. The maximum Gasteiger partial charge on any atom is 0.255 e. The molecule has 0 aliphatic carbocycles. The van der Waals surface area contributed by atoms with Crippen LogP contribution >= 0.6 is 27.5 Å². The third-order valence-corrected chi connectivity index (χ3v) is 2.65. The van der Waals surface area contributed by atoms with Crippen LogP contribution in [0.2, 0.25) is 0 Å². The highest BCUT2D eigenvalue weighted by Gasteiger charge is 2.24. The molecule has 1 heterocycles. The lowest BCUT2D eigenvalue weighted by molar-refractivity contribution is 0.215. The Labute approximate surface area is 102 Å². The SMILES string of the molecule is Fc1nc(F)c(F)c(O[C@@H](CCl)CBr)c1F. The van der Waals surface area contributed by atoms with E-state index in [4.69, 9.17) is 11.6 Å². The van der Waals surface area contributed by atoms with Gasteiger partial charge in [-0.15, -0.1) is 11.6 Å². The topological polar surface area (TPSA) is 22.1 Å². The van der Waals surface area contributed by atoms with Crippen molar-refractivity contribution in [2.24, 2.45) is 0 Å². The predicted octanol–water partition coefficient (Wildman–Crippen LogP) is 3.02. The summed E-state index contributed by atoms with van der Waals surface area (Å²) in [5.41, 5.74) is 0. The highest BCUT2D eigenvalue weighted by Crippen LogP contribution is 2.25. The first-order valence-electron chi connectivity index (χ1n) is 3.99. The Bertz CT molecular complexity index is 363. The zero-order valence-corrected chi connectivity index (χ0v) is 9.96. The van der Waals surface area contributed by atoms with Gasteiger partial charge in [0.05, 0.1) is 5.88 Å². The minimum Gasteiger partial charge on any atom is -0.482 e. The van der Waals surface area contributed by atoms with Crippen molar-refractivity contribution in [3.8, 4) is 5.75 Å². The molecule has 0 N–H and O–H groups in total. The fourth-order valence-corrected chi connectivity index (χ4v) is 1.64. The zero-order chi connectivity index (χ0) is 12.3. The lowest BCUT2D eigenvalue weighted by Crippen LogP contribution is -2.22. The molecule has 1 aromatic heterocycles. The molecule has 0 unspecified atom stereocenters. The molecule has 0 radical (unpaired) electrons. The molecule has 8 heteroatoms. The molecular formula is C8H5BrClF4NO. The number of hydrogen-bond donors (Lipinski definition) is 0. The van der Waals surface area contributed by atoms with E-state index in [1.807, 2.05) is 0 Å². The van der Waals surface area contributed by atoms with E-state index in [9.17, 15) is 17.6 Å². The molecule has 0 aromatic carbocycles. The van der Waals surface area contributed by atoms with E-state index in [1.54, 1.807) is 0 Å². The van der Waals surface area contributed by atoms with E-state index < -0.39 is 35.4 Å². The van der Waals surface area contributed by atoms with Gasteiger partial charge in [0.2, 0.25) is 17.4 Å². The number of hydrogen-bond acceptors (Lipinski definition) is 2. The van der Waals surface area contributed by atoms with Crippen LogP contribution < -0.4 is 4.74 Å². The van der Waals surface area contributed by atoms with Crippen molar-refractivity contribution in [2.45, 2.75) is 6.10 Å². The smallest absolute Gasteiger partial charge is 0.255 e. The van der Waals surface area contributed by atoms with Gasteiger partial charge in [0.1, 0.15) is 6.10 Å². The van der Waals surface area contributed by atoms with Crippen molar-refractivity contribution in [3.63, 3.8) is 0 Å². The predicted molar refractivity (Wildman–Crippen MR) is 53.0 cm³/mol. The van der Waals surface area contributed by atoms with Crippen LogP contribution in [-0.4, -0.2) is 22.3 Å². The first-order chi connectivity index (χ1) is 7.51. The number of nitrogens with zero attached hydrogens (tertiary/aromatic N) is 1. The van der Waals surface area contributed by atoms with Crippen LogP contribution in [0.3, 0.4) is 0 Å². The number of aromatic nitrogens is 1. The average molecular weight is 322 g/mol. The fourth-order valence-electron chi connectivity index (χ4n) is 0.842. The van der Waals surface area contributed by atoms with Crippen LogP contribution in [0, 0.1) is 23.5 Å². The molecule has 0 saturated heterocycles. The molecular weight excluding hydrogens is 317 g/mol. The van der Waals surface area contributed by atoms with Gasteiger partial charge in [0.15, 0.2) is 0 Å². The van der Waals surface area contributed by atoms with E-state index in [-0.39, 0.29) is 11.2 Å². The number of ether oxygens (including phenoxy) is 1. The average Bonchev–Trinajstić information content (AvgIpc) is 2.27. The van der Waals surface area contributed by atoms with Gasteiger partial charge in [-0.1, -0.05) is 15.9 Å². The summed E-state index contributed by atoms with van der Waals surface area (Å²) in [5, 5.41) is 0.154. The van der Waals surface area contributed by atoms with E-state index >= 15 is 0 Å². The normalized spacial score (nSPS) is 12.6. The molecule has 0 aliphatic heterocycles. The highest BCUT2D eigenvalue weighted by molar-refractivity contribution is 9.09. The Balaban J connectivity index is 3.11. The fraction of sp³-hybridized carbons (Fsp3) is 0.375. The molecule has 0 amide bonds. The van der Waals surface area contributed by atoms with Crippen LogP contribution in [0.25, 0.3) is 0 Å². The first-order valence-corrected chi connectivity index (χ1v) is 5.65. The van der Waals surface area contributed by atoms with Gasteiger partial charge in [-0.3, -0.25) is 0 Å². The van der Waals surface area contributed by atoms with E-state index in [0.717, 1.165) is 0 Å². The molecule has 2 nitrogen and oxygen atoms in total. The van der Waals surface area contributed by atoms with Crippen LogP contribution in [0.5, 0.6) is 5.75 Å². The third kappa shape index (κ3) is 2.76. The van der Waals surface area contributed by atoms with Crippen LogP contribution in [0.15, 0.2) is 0 Å². The summed E-state index contributed by atoms with van der Waals surface area (Å²) in [4.78, 5) is 2.38. The van der Waals surface area contributed by atoms with Crippen LogP contribution in [-0.2, 0) is 0 Å². The Morgan fingerprint density at radius 3 is 2.06 bits per heavy atom. The minimum absolute atomic E-state index is 0.101. The number of halogens is 6. The highest BCUT2D eigenvalue weighted by atomic mass is 79.9. The third-order valence-electron chi connectivity index (χ3n) is 1.59. The van der Waals surface area contributed by atoms with E-state index in [0.29, 0.717) is 0 Å². The Morgan fingerprint density at radius 2 is 1.69 bits per heavy atom. The molecule has 1 rings (SSSR count). The van der Waals surface area contributed by atoms with Crippen LogP contribution in [0.4, 0.5) is 17.6 Å². The molecule has 90 valence electrons. The first kappa shape index (κ1) is 13.5. The second-order valence-corrected chi connectivity index (χ2v) is 3.66.